The van der Waals surface area contributed by atoms with Crippen LogP contribution in [0, 0.1) is 12.3 Å². The molecule has 4 nitrogen and oxygen atoms in total. The summed E-state index contributed by atoms with van der Waals surface area (Å²) in [5.41, 5.74) is 0.131. The van der Waals surface area contributed by atoms with Crippen LogP contribution in [0.1, 0.15) is 24.8 Å². The van der Waals surface area contributed by atoms with Crippen molar-refractivity contribution in [3.63, 3.8) is 0 Å². The molecule has 0 bridgehead atoms. The average Bonchev–Trinajstić information content (AvgIpc) is 2.47. The molecule has 0 spiro atoms. The van der Waals surface area contributed by atoms with Crippen LogP contribution >= 0.6 is 0 Å². The molecule has 1 aliphatic rings. The topological polar surface area (TPSA) is 49.8 Å². The van der Waals surface area contributed by atoms with Gasteiger partial charge in [-0.05, 0) is 18.4 Å². The van der Waals surface area contributed by atoms with Crippen molar-refractivity contribution >= 4 is 6.09 Å². The lowest BCUT2D eigenvalue weighted by Crippen LogP contribution is -2.46. The van der Waals surface area contributed by atoms with Gasteiger partial charge in [-0.25, -0.2) is 4.79 Å². The maximum atomic E-state index is 11.9. The number of rotatable bonds is 3. The van der Waals surface area contributed by atoms with Crippen molar-refractivity contribution < 1.29 is 14.6 Å². The maximum Gasteiger partial charge on any atom is 0.410 e. The number of nitrogens with zero attached hydrogens (tertiary/aromatic N) is 1. The summed E-state index contributed by atoms with van der Waals surface area (Å²) in [5, 5.41) is 10.2. The fraction of sp³-hybridized carbons (Fsp3) is 0.438. The van der Waals surface area contributed by atoms with Gasteiger partial charge in [0.2, 0.25) is 0 Å². The second-order valence-electron chi connectivity index (χ2n) is 5.13. The Labute approximate surface area is 119 Å². The number of ether oxygens (including phenoxy) is 1. The van der Waals surface area contributed by atoms with E-state index in [1.165, 1.54) is 0 Å². The SMILES string of the molecule is C#CCC1(O)CCN(C(=O)OCc2ccccc2)CC1. The lowest BCUT2D eigenvalue weighted by molar-refractivity contribution is -0.0171. The number of benzene rings is 1. The highest BCUT2D eigenvalue weighted by Crippen LogP contribution is 2.25. The van der Waals surface area contributed by atoms with E-state index in [-0.39, 0.29) is 12.7 Å². The van der Waals surface area contributed by atoms with Crippen LogP contribution in [-0.2, 0) is 11.3 Å². The fourth-order valence-electron chi connectivity index (χ4n) is 2.28. The number of likely N-dealkylation sites (tertiary alicyclic amines) is 1. The molecule has 4 heteroatoms. The van der Waals surface area contributed by atoms with E-state index in [9.17, 15) is 9.90 Å². The first-order chi connectivity index (χ1) is 9.63. The third-order valence-corrected chi connectivity index (χ3v) is 3.59. The maximum absolute atomic E-state index is 11.9. The van der Waals surface area contributed by atoms with Gasteiger partial charge in [0.05, 0.1) is 5.60 Å². The lowest BCUT2D eigenvalue weighted by Gasteiger charge is -2.36. The third kappa shape index (κ3) is 3.75. The van der Waals surface area contributed by atoms with E-state index in [0.29, 0.717) is 32.4 Å². The molecule has 106 valence electrons. The molecule has 1 aliphatic heterocycles. The first kappa shape index (κ1) is 14.4. The molecule has 1 saturated heterocycles. The zero-order valence-electron chi connectivity index (χ0n) is 11.4. The minimum Gasteiger partial charge on any atom is -0.445 e. The molecule has 0 saturated carbocycles. The van der Waals surface area contributed by atoms with Gasteiger partial charge < -0.3 is 14.7 Å². The summed E-state index contributed by atoms with van der Waals surface area (Å²) >= 11 is 0. The summed E-state index contributed by atoms with van der Waals surface area (Å²) in [6.45, 7) is 1.22. The Morgan fingerprint density at radius 3 is 2.60 bits per heavy atom. The lowest BCUT2D eigenvalue weighted by atomic mass is 9.89. The zero-order valence-corrected chi connectivity index (χ0v) is 11.4. The molecule has 0 radical (unpaired) electrons. The van der Waals surface area contributed by atoms with Crippen molar-refractivity contribution in [2.75, 3.05) is 13.1 Å². The zero-order chi connectivity index (χ0) is 14.4. The molecule has 1 amide bonds. The number of terminal acetylenes is 1. The van der Waals surface area contributed by atoms with Crippen LogP contribution in [0.15, 0.2) is 30.3 Å². The van der Waals surface area contributed by atoms with Gasteiger partial charge >= 0.3 is 6.09 Å². The quantitative estimate of drug-likeness (QED) is 0.859. The molecule has 1 heterocycles. The molecule has 1 N–H and O–H groups in total. The van der Waals surface area contributed by atoms with E-state index < -0.39 is 5.60 Å². The van der Waals surface area contributed by atoms with Crippen LogP contribution in [0.2, 0.25) is 0 Å². The van der Waals surface area contributed by atoms with Gasteiger partial charge in [0.1, 0.15) is 6.61 Å². The first-order valence-corrected chi connectivity index (χ1v) is 6.74. The van der Waals surface area contributed by atoms with Crippen molar-refractivity contribution in [2.45, 2.75) is 31.5 Å². The first-order valence-electron chi connectivity index (χ1n) is 6.74. The Morgan fingerprint density at radius 2 is 2.00 bits per heavy atom. The number of hydrogen-bond donors (Lipinski definition) is 1. The summed E-state index contributed by atoms with van der Waals surface area (Å²) in [4.78, 5) is 13.5. The molecule has 1 aromatic rings. The monoisotopic (exact) mass is 273 g/mol. The molecule has 0 aromatic heterocycles. The summed E-state index contributed by atoms with van der Waals surface area (Å²) < 4.78 is 5.26. The molecule has 0 unspecified atom stereocenters. The average molecular weight is 273 g/mol. The molecule has 0 aliphatic carbocycles. The van der Waals surface area contributed by atoms with E-state index >= 15 is 0 Å². The highest BCUT2D eigenvalue weighted by Gasteiger charge is 2.33. The minimum atomic E-state index is -0.828. The van der Waals surface area contributed by atoms with E-state index in [4.69, 9.17) is 11.2 Å². The van der Waals surface area contributed by atoms with Gasteiger partial charge in [0.25, 0.3) is 0 Å². The second-order valence-corrected chi connectivity index (χ2v) is 5.13. The molecule has 0 atom stereocenters. The predicted octanol–water partition coefficient (Wildman–Crippen LogP) is 2.17. The number of aliphatic hydroxyl groups is 1. The van der Waals surface area contributed by atoms with Crippen molar-refractivity contribution in [1.82, 2.24) is 4.90 Å². The van der Waals surface area contributed by atoms with Crippen molar-refractivity contribution in [3.05, 3.63) is 35.9 Å². The number of piperidine rings is 1. The molecule has 2 rings (SSSR count). The Hall–Kier alpha value is -1.99. The number of amides is 1. The second kappa shape index (κ2) is 6.44. The molecule has 1 fully saturated rings. The van der Waals surface area contributed by atoms with Crippen LogP contribution in [-0.4, -0.2) is 34.8 Å². The van der Waals surface area contributed by atoms with Crippen molar-refractivity contribution in [2.24, 2.45) is 0 Å². The summed E-state index contributed by atoms with van der Waals surface area (Å²) in [6, 6.07) is 9.56. The van der Waals surface area contributed by atoms with Crippen LogP contribution in [0.25, 0.3) is 0 Å². The normalized spacial score (nSPS) is 17.3. The Morgan fingerprint density at radius 1 is 1.35 bits per heavy atom. The molecule has 20 heavy (non-hydrogen) atoms. The van der Waals surface area contributed by atoms with Gasteiger partial charge in [-0.2, -0.15) is 0 Å². The number of carbonyl (C=O) groups excluding carboxylic acids is 1. The van der Waals surface area contributed by atoms with Crippen LogP contribution < -0.4 is 0 Å². The summed E-state index contributed by atoms with van der Waals surface area (Å²) in [5.74, 6) is 2.48. The summed E-state index contributed by atoms with van der Waals surface area (Å²) in [6.07, 6.45) is 6.23. The Balaban J connectivity index is 1.79. The number of carbonyl (C=O) groups is 1. The predicted molar refractivity (Wildman–Crippen MR) is 75.8 cm³/mol. The van der Waals surface area contributed by atoms with Gasteiger partial charge in [0.15, 0.2) is 0 Å². The molecular formula is C16H19NO3. The largest absolute Gasteiger partial charge is 0.445 e. The smallest absolute Gasteiger partial charge is 0.410 e. The van der Waals surface area contributed by atoms with Crippen LogP contribution in [0.4, 0.5) is 4.79 Å². The van der Waals surface area contributed by atoms with Gasteiger partial charge in [-0.3, -0.25) is 0 Å². The number of hydrogen-bond acceptors (Lipinski definition) is 3. The van der Waals surface area contributed by atoms with E-state index in [1.807, 2.05) is 30.3 Å². The molecular weight excluding hydrogens is 254 g/mol. The Bertz CT molecular complexity index is 484. The standard InChI is InChI=1S/C16H19NO3/c1-2-8-16(19)9-11-17(12-10-16)15(18)20-13-14-6-4-3-5-7-14/h1,3-7,19H,8-13H2. The van der Waals surface area contributed by atoms with Gasteiger partial charge in [-0.1, -0.05) is 30.3 Å². The van der Waals surface area contributed by atoms with Crippen LogP contribution in [0.3, 0.4) is 0 Å². The summed E-state index contributed by atoms with van der Waals surface area (Å²) in [7, 11) is 0. The van der Waals surface area contributed by atoms with Gasteiger partial charge in [-0.15, -0.1) is 12.3 Å². The third-order valence-electron chi connectivity index (χ3n) is 3.59. The Kier molecular flexibility index (Phi) is 4.65. The minimum absolute atomic E-state index is 0.269. The van der Waals surface area contributed by atoms with E-state index in [0.717, 1.165) is 5.56 Å². The highest BCUT2D eigenvalue weighted by atomic mass is 16.6. The van der Waals surface area contributed by atoms with Crippen molar-refractivity contribution in [3.8, 4) is 12.3 Å². The van der Waals surface area contributed by atoms with Gasteiger partial charge in [0, 0.05) is 19.5 Å². The van der Waals surface area contributed by atoms with Crippen LogP contribution in [0.5, 0.6) is 0 Å². The highest BCUT2D eigenvalue weighted by molar-refractivity contribution is 5.67. The van der Waals surface area contributed by atoms with E-state index in [2.05, 4.69) is 5.92 Å². The van der Waals surface area contributed by atoms with E-state index in [1.54, 1.807) is 4.90 Å². The van der Waals surface area contributed by atoms with Crippen molar-refractivity contribution in [1.29, 1.82) is 0 Å². The fourth-order valence-corrected chi connectivity index (χ4v) is 2.28. The molecule has 1 aromatic carbocycles.